The fraction of sp³-hybridized carbons (Fsp3) is 0.500. The van der Waals surface area contributed by atoms with Crippen molar-refractivity contribution in [3.05, 3.63) is 34.7 Å². The number of hydrazine groups is 1. The van der Waals surface area contributed by atoms with Gasteiger partial charge in [0.15, 0.2) is 15.7 Å². The lowest BCUT2D eigenvalue weighted by Gasteiger charge is -2.38. The molecule has 0 saturated heterocycles. The van der Waals surface area contributed by atoms with Gasteiger partial charge in [0.2, 0.25) is 0 Å². The van der Waals surface area contributed by atoms with Crippen molar-refractivity contribution in [2.75, 3.05) is 32.9 Å². The van der Waals surface area contributed by atoms with Crippen LogP contribution < -0.4 is 5.43 Å². The Balaban J connectivity index is 2.58. The lowest BCUT2D eigenvalue weighted by atomic mass is 10.0. The molecule has 1 N–H and O–H groups in total. The van der Waals surface area contributed by atoms with Crippen LogP contribution >= 0.6 is 0 Å². The van der Waals surface area contributed by atoms with Crippen molar-refractivity contribution in [3.8, 4) is 0 Å². The summed E-state index contributed by atoms with van der Waals surface area (Å²) < 4.78 is 24.9. The quantitative estimate of drug-likeness (QED) is 0.459. The van der Waals surface area contributed by atoms with Crippen molar-refractivity contribution >= 4 is 21.9 Å². The molecule has 0 atom stereocenters. The molecule has 0 radical (unpaired) electrons. The van der Waals surface area contributed by atoms with E-state index in [0.29, 0.717) is 5.82 Å². The first-order valence-corrected chi connectivity index (χ1v) is 9.44. The highest BCUT2D eigenvalue weighted by atomic mass is 32.2. The molecular formula is C16H25N5O2S. The highest BCUT2D eigenvalue weighted by Crippen LogP contribution is 2.31. The molecule has 2 heterocycles. The van der Waals surface area contributed by atoms with Crippen molar-refractivity contribution in [1.29, 1.82) is 0 Å². The summed E-state index contributed by atoms with van der Waals surface area (Å²) in [6.07, 6.45) is 3.73. The lowest BCUT2D eigenvalue weighted by Crippen LogP contribution is -2.44. The molecular weight excluding hydrogens is 326 g/mol. The van der Waals surface area contributed by atoms with Gasteiger partial charge in [-0.1, -0.05) is 6.08 Å². The minimum Gasteiger partial charge on any atom is -0.302 e. The second-order valence-electron chi connectivity index (χ2n) is 5.91. The van der Waals surface area contributed by atoms with Gasteiger partial charge in [-0.25, -0.2) is 18.4 Å². The van der Waals surface area contributed by atoms with Gasteiger partial charge in [0.25, 0.3) is 0 Å². The molecule has 2 rings (SSSR count). The maximum atomic E-state index is 12.5. The zero-order valence-electron chi connectivity index (χ0n) is 14.7. The van der Waals surface area contributed by atoms with Crippen LogP contribution in [0.2, 0.25) is 0 Å². The number of nitrogens with zero attached hydrogens (tertiary/aromatic N) is 4. The van der Waals surface area contributed by atoms with E-state index in [2.05, 4.69) is 33.9 Å². The van der Waals surface area contributed by atoms with Gasteiger partial charge in [0, 0.05) is 43.5 Å². The van der Waals surface area contributed by atoms with E-state index in [1.807, 2.05) is 6.92 Å². The van der Waals surface area contributed by atoms with Gasteiger partial charge in [0.05, 0.1) is 10.7 Å². The summed E-state index contributed by atoms with van der Waals surface area (Å²) in [5.74, 6) is 0.291. The third-order valence-corrected chi connectivity index (χ3v) is 5.92. The van der Waals surface area contributed by atoms with Gasteiger partial charge in [-0.3, -0.25) is 10.4 Å². The van der Waals surface area contributed by atoms with Crippen molar-refractivity contribution in [2.45, 2.75) is 20.3 Å². The van der Waals surface area contributed by atoms with Crippen LogP contribution in [0.25, 0.3) is 0 Å². The van der Waals surface area contributed by atoms with Crippen LogP contribution in [-0.4, -0.2) is 63.3 Å². The van der Waals surface area contributed by atoms with Gasteiger partial charge in [-0.05, 0) is 20.9 Å². The number of likely N-dealkylation sites (N-methyl/N-ethyl adjacent to an activating group) is 1. The summed E-state index contributed by atoms with van der Waals surface area (Å²) in [6, 6.07) is 0. The van der Waals surface area contributed by atoms with Crippen LogP contribution in [0.1, 0.15) is 20.3 Å². The van der Waals surface area contributed by atoms with Gasteiger partial charge in [-0.2, -0.15) is 0 Å². The molecule has 0 aromatic heterocycles. The minimum atomic E-state index is -3.44. The Kier molecular flexibility index (Phi) is 5.61. The molecule has 0 amide bonds. The molecule has 0 saturated carbocycles. The average molecular weight is 351 g/mol. The Morgan fingerprint density at radius 3 is 2.83 bits per heavy atom. The Labute approximate surface area is 144 Å². The van der Waals surface area contributed by atoms with Crippen molar-refractivity contribution in [1.82, 2.24) is 15.3 Å². The summed E-state index contributed by atoms with van der Waals surface area (Å²) in [7, 11) is 0.271. The predicted molar refractivity (Wildman–Crippen MR) is 98.3 cm³/mol. The highest BCUT2D eigenvalue weighted by molar-refractivity contribution is 7.95. The molecule has 24 heavy (non-hydrogen) atoms. The summed E-state index contributed by atoms with van der Waals surface area (Å²) in [4.78, 5) is 11.0. The molecule has 0 aliphatic carbocycles. The molecule has 0 spiro atoms. The van der Waals surface area contributed by atoms with Gasteiger partial charge in [-0.15, -0.1) is 6.58 Å². The summed E-state index contributed by atoms with van der Waals surface area (Å²) >= 11 is 0. The Morgan fingerprint density at radius 1 is 1.50 bits per heavy atom. The maximum Gasteiger partial charge on any atom is 0.181 e. The fourth-order valence-electron chi connectivity index (χ4n) is 2.77. The number of nitrogens with one attached hydrogen (secondary N) is 1. The zero-order chi connectivity index (χ0) is 17.9. The van der Waals surface area contributed by atoms with Crippen molar-refractivity contribution < 1.29 is 8.42 Å². The third kappa shape index (κ3) is 3.59. The van der Waals surface area contributed by atoms with E-state index in [9.17, 15) is 8.42 Å². The summed E-state index contributed by atoms with van der Waals surface area (Å²) in [5, 5.41) is 1.75. The molecule has 0 bridgehead atoms. The first kappa shape index (κ1) is 18.4. The molecule has 2 aliphatic rings. The molecule has 0 fully saturated rings. The molecule has 0 aromatic carbocycles. The Hall–Kier alpha value is -1.93. The number of aliphatic imine (C=N–C) groups is 2. The fourth-order valence-corrected chi connectivity index (χ4v) is 3.75. The first-order valence-electron chi connectivity index (χ1n) is 7.79. The lowest BCUT2D eigenvalue weighted by molar-refractivity contribution is 0.287. The van der Waals surface area contributed by atoms with E-state index >= 15 is 0 Å². The monoisotopic (exact) mass is 351 g/mol. The van der Waals surface area contributed by atoms with E-state index in [-0.39, 0.29) is 10.7 Å². The molecule has 8 heteroatoms. The SMILES string of the molecule is C=CCS(=O)(=O)/C(C)=C1\N=C(C)C2=C(CCN(C)C2)N1NC=NC. The number of sulfone groups is 1. The maximum absolute atomic E-state index is 12.5. The van der Waals surface area contributed by atoms with E-state index in [0.717, 1.165) is 36.5 Å². The van der Waals surface area contributed by atoms with E-state index in [1.165, 1.54) is 12.4 Å². The molecule has 2 aliphatic heterocycles. The van der Waals surface area contributed by atoms with Gasteiger partial charge < -0.3 is 4.90 Å². The smallest absolute Gasteiger partial charge is 0.181 e. The molecule has 132 valence electrons. The Bertz CT molecular complexity index is 746. The number of allylic oxidation sites excluding steroid dienone is 1. The minimum absolute atomic E-state index is 0.110. The normalized spacial score (nSPS) is 21.7. The van der Waals surface area contributed by atoms with E-state index in [1.54, 1.807) is 19.0 Å². The van der Waals surface area contributed by atoms with E-state index < -0.39 is 9.84 Å². The number of hydrogen-bond acceptors (Lipinski definition) is 6. The van der Waals surface area contributed by atoms with Crippen molar-refractivity contribution in [3.63, 3.8) is 0 Å². The summed E-state index contributed by atoms with van der Waals surface area (Å²) in [6.45, 7) is 8.73. The highest BCUT2D eigenvalue weighted by Gasteiger charge is 2.31. The topological polar surface area (TPSA) is 77.4 Å². The second kappa shape index (κ2) is 7.31. The van der Waals surface area contributed by atoms with Crippen LogP contribution in [0.5, 0.6) is 0 Å². The third-order valence-electron chi connectivity index (χ3n) is 4.13. The second-order valence-corrected chi connectivity index (χ2v) is 8.09. The first-order chi connectivity index (χ1) is 11.3. The largest absolute Gasteiger partial charge is 0.302 e. The molecule has 0 aromatic rings. The van der Waals surface area contributed by atoms with Crippen molar-refractivity contribution in [2.24, 2.45) is 9.98 Å². The number of rotatable bonds is 5. The van der Waals surface area contributed by atoms with Crippen LogP contribution in [0.15, 0.2) is 44.6 Å². The standard InChI is InChI=1S/C16H25N5O2S/c1-6-9-24(22,23)13(3)16-19-12(2)14-10-20(5)8-7-15(14)21(16)18-11-17-4/h6,11H,1,7-10H2,2-5H3,(H,17,18)/b16-13+. The van der Waals surface area contributed by atoms with Gasteiger partial charge in [0.1, 0.15) is 6.34 Å². The van der Waals surface area contributed by atoms with Crippen LogP contribution in [0.3, 0.4) is 0 Å². The molecule has 7 nitrogen and oxygen atoms in total. The summed E-state index contributed by atoms with van der Waals surface area (Å²) in [5.41, 5.74) is 6.08. The molecule has 0 unspecified atom stereocenters. The van der Waals surface area contributed by atoms with Crippen LogP contribution in [-0.2, 0) is 9.84 Å². The Morgan fingerprint density at radius 2 is 2.21 bits per heavy atom. The van der Waals surface area contributed by atoms with E-state index in [4.69, 9.17) is 0 Å². The predicted octanol–water partition coefficient (Wildman–Crippen LogP) is 1.31. The zero-order valence-corrected chi connectivity index (χ0v) is 15.5. The number of hydrogen-bond donors (Lipinski definition) is 1. The average Bonchev–Trinajstić information content (AvgIpc) is 2.53. The van der Waals surface area contributed by atoms with Gasteiger partial charge >= 0.3 is 0 Å². The van der Waals surface area contributed by atoms with Crippen LogP contribution in [0, 0.1) is 0 Å². The van der Waals surface area contributed by atoms with Crippen LogP contribution in [0.4, 0.5) is 0 Å².